The molecule has 6 N–H and O–H groups in total. The van der Waals surface area contributed by atoms with Crippen LogP contribution >= 0.6 is 0 Å². The quantitative estimate of drug-likeness (QED) is 0.261. The number of nitrogens with one attached hydrogen (secondary N) is 2. The first kappa shape index (κ1) is 13.2. The normalized spacial score (nSPS) is 10.4. The number of anilines is 2. The molecule has 17 heavy (non-hydrogen) atoms. The van der Waals surface area contributed by atoms with Gasteiger partial charge >= 0.3 is 0 Å². The molecular formula is C9H14N4O4. The van der Waals surface area contributed by atoms with Crippen molar-refractivity contribution >= 4 is 17.1 Å². The molecule has 0 aliphatic carbocycles. The summed E-state index contributed by atoms with van der Waals surface area (Å²) in [6.45, 7) is -0.574. The fourth-order valence-electron chi connectivity index (χ4n) is 1.27. The Labute approximate surface area is 97.2 Å². The molecule has 1 rings (SSSR count). The van der Waals surface area contributed by atoms with Gasteiger partial charge in [0.05, 0.1) is 29.9 Å². The first-order valence-corrected chi connectivity index (χ1v) is 4.85. The van der Waals surface area contributed by atoms with Crippen LogP contribution < -0.4 is 16.6 Å². The Morgan fingerprint density at radius 1 is 1.29 bits per heavy atom. The number of nitrogens with zero attached hydrogens (tertiary/aromatic N) is 1. The predicted octanol–water partition coefficient (Wildman–Crippen LogP) is -0.355. The van der Waals surface area contributed by atoms with E-state index in [2.05, 4.69) is 10.7 Å². The lowest BCUT2D eigenvalue weighted by atomic mass is 10.2. The Balaban J connectivity index is 2.98. The highest BCUT2D eigenvalue weighted by molar-refractivity contribution is 5.63. The summed E-state index contributed by atoms with van der Waals surface area (Å²) >= 11 is 0. The van der Waals surface area contributed by atoms with Gasteiger partial charge in [0, 0.05) is 17.8 Å². The topological polar surface area (TPSA) is 134 Å². The Kier molecular flexibility index (Phi) is 4.64. The summed E-state index contributed by atoms with van der Waals surface area (Å²) in [6.07, 6.45) is 0. The number of hydrazine groups is 1. The largest absolute Gasteiger partial charge is 0.394 e. The van der Waals surface area contributed by atoms with Crippen molar-refractivity contribution in [1.29, 1.82) is 0 Å². The minimum absolute atomic E-state index is 0.141. The Bertz CT molecular complexity index is 395. The van der Waals surface area contributed by atoms with Crippen LogP contribution in [0.2, 0.25) is 0 Å². The summed E-state index contributed by atoms with van der Waals surface area (Å²) < 4.78 is 0. The van der Waals surface area contributed by atoms with Crippen LogP contribution in [0.3, 0.4) is 0 Å². The van der Waals surface area contributed by atoms with Gasteiger partial charge in [-0.05, 0) is 6.07 Å². The van der Waals surface area contributed by atoms with Gasteiger partial charge in [0.25, 0.3) is 5.69 Å². The lowest BCUT2D eigenvalue weighted by Crippen LogP contribution is -2.27. The van der Waals surface area contributed by atoms with E-state index in [4.69, 9.17) is 16.1 Å². The zero-order valence-corrected chi connectivity index (χ0v) is 8.96. The van der Waals surface area contributed by atoms with Gasteiger partial charge in [-0.3, -0.25) is 16.0 Å². The number of nitrogen functional groups attached to an aromatic ring is 1. The van der Waals surface area contributed by atoms with Crippen molar-refractivity contribution in [3.05, 3.63) is 28.3 Å². The molecule has 8 nitrogen and oxygen atoms in total. The highest BCUT2D eigenvalue weighted by atomic mass is 16.6. The van der Waals surface area contributed by atoms with Crippen molar-refractivity contribution in [3.8, 4) is 0 Å². The Morgan fingerprint density at radius 3 is 2.35 bits per heavy atom. The van der Waals surface area contributed by atoms with Crippen molar-refractivity contribution in [2.45, 2.75) is 6.04 Å². The van der Waals surface area contributed by atoms with Crippen molar-refractivity contribution in [2.24, 2.45) is 5.84 Å². The number of aliphatic hydroxyl groups excluding tert-OH is 2. The van der Waals surface area contributed by atoms with E-state index in [1.807, 2.05) is 0 Å². The molecule has 0 spiro atoms. The number of aliphatic hydroxyl groups is 2. The first-order chi connectivity index (χ1) is 8.10. The maximum atomic E-state index is 10.7. The van der Waals surface area contributed by atoms with Gasteiger partial charge in [0.2, 0.25) is 0 Å². The maximum absolute atomic E-state index is 10.7. The van der Waals surface area contributed by atoms with Crippen molar-refractivity contribution in [3.63, 3.8) is 0 Å². The van der Waals surface area contributed by atoms with Gasteiger partial charge < -0.3 is 21.0 Å². The second kappa shape index (κ2) is 5.99. The molecule has 8 heteroatoms. The molecule has 1 aromatic rings. The molecule has 0 aromatic heterocycles. The van der Waals surface area contributed by atoms with Gasteiger partial charge in [-0.2, -0.15) is 0 Å². The predicted molar refractivity (Wildman–Crippen MR) is 62.5 cm³/mol. The number of hydrogen-bond acceptors (Lipinski definition) is 7. The number of nitrogens with two attached hydrogens (primary N) is 1. The third kappa shape index (κ3) is 3.55. The third-order valence-corrected chi connectivity index (χ3v) is 2.11. The van der Waals surface area contributed by atoms with Crippen LogP contribution in [0.15, 0.2) is 18.2 Å². The van der Waals surface area contributed by atoms with Gasteiger partial charge in [-0.15, -0.1) is 0 Å². The smallest absolute Gasteiger partial charge is 0.273 e. The van der Waals surface area contributed by atoms with Crippen LogP contribution in [-0.2, 0) is 0 Å². The molecule has 0 fully saturated rings. The minimum Gasteiger partial charge on any atom is -0.394 e. The molecule has 0 saturated carbocycles. The second-order valence-corrected chi connectivity index (χ2v) is 3.38. The molecule has 0 bridgehead atoms. The van der Waals surface area contributed by atoms with Crippen molar-refractivity contribution < 1.29 is 15.1 Å². The number of nitro benzene ring substituents is 1. The Hall–Kier alpha value is -1.90. The molecule has 0 heterocycles. The standard InChI is InChI=1S/C9H14N4O4/c10-12-7-1-6(11-8(4-14)5-15)2-9(3-7)13(16)17/h1-3,8,11-12,14-15H,4-5,10H2. The lowest BCUT2D eigenvalue weighted by Gasteiger charge is -2.15. The van der Waals surface area contributed by atoms with E-state index in [-0.39, 0.29) is 18.9 Å². The zero-order chi connectivity index (χ0) is 12.8. The second-order valence-electron chi connectivity index (χ2n) is 3.38. The SMILES string of the molecule is NNc1cc(NC(CO)CO)cc([N+](=O)[O-])c1. The van der Waals surface area contributed by atoms with Crippen LogP contribution in [0, 0.1) is 10.1 Å². The van der Waals surface area contributed by atoms with E-state index < -0.39 is 11.0 Å². The first-order valence-electron chi connectivity index (χ1n) is 4.85. The molecule has 0 radical (unpaired) electrons. The highest BCUT2D eigenvalue weighted by Gasteiger charge is 2.12. The summed E-state index contributed by atoms with van der Waals surface area (Å²) in [5, 5.41) is 31.2. The molecule has 1 aromatic carbocycles. The lowest BCUT2D eigenvalue weighted by molar-refractivity contribution is -0.384. The third-order valence-electron chi connectivity index (χ3n) is 2.11. The van der Waals surface area contributed by atoms with Gasteiger partial charge in [-0.1, -0.05) is 0 Å². The fraction of sp³-hybridized carbons (Fsp3) is 0.333. The molecule has 0 amide bonds. The fourth-order valence-corrected chi connectivity index (χ4v) is 1.27. The summed E-state index contributed by atoms with van der Waals surface area (Å²) in [7, 11) is 0. The summed E-state index contributed by atoms with van der Waals surface area (Å²) in [5.74, 6) is 5.18. The highest BCUT2D eigenvalue weighted by Crippen LogP contribution is 2.24. The van der Waals surface area contributed by atoms with Crippen molar-refractivity contribution in [1.82, 2.24) is 0 Å². The number of benzene rings is 1. The van der Waals surface area contributed by atoms with E-state index in [9.17, 15) is 10.1 Å². The van der Waals surface area contributed by atoms with Gasteiger partial charge in [-0.25, -0.2) is 0 Å². The summed E-state index contributed by atoms with van der Waals surface area (Å²) in [5.41, 5.74) is 2.91. The molecule has 0 atom stereocenters. The Morgan fingerprint density at radius 2 is 1.88 bits per heavy atom. The molecule has 0 aliphatic rings. The molecule has 0 saturated heterocycles. The van der Waals surface area contributed by atoms with E-state index in [0.717, 1.165) is 0 Å². The maximum Gasteiger partial charge on any atom is 0.273 e. The molecular weight excluding hydrogens is 228 g/mol. The van der Waals surface area contributed by atoms with Gasteiger partial charge in [0.15, 0.2) is 0 Å². The zero-order valence-electron chi connectivity index (χ0n) is 8.96. The van der Waals surface area contributed by atoms with E-state index >= 15 is 0 Å². The van der Waals surface area contributed by atoms with Crippen LogP contribution in [0.1, 0.15) is 0 Å². The molecule has 94 valence electrons. The van der Waals surface area contributed by atoms with Gasteiger partial charge in [0.1, 0.15) is 0 Å². The van der Waals surface area contributed by atoms with E-state index in [1.165, 1.54) is 18.2 Å². The van der Waals surface area contributed by atoms with E-state index in [0.29, 0.717) is 11.4 Å². The van der Waals surface area contributed by atoms with Crippen molar-refractivity contribution in [2.75, 3.05) is 24.0 Å². The number of non-ortho nitro benzene ring substituents is 1. The summed E-state index contributed by atoms with van der Waals surface area (Å²) in [6, 6.07) is 3.52. The number of hydrogen-bond donors (Lipinski definition) is 5. The number of nitro groups is 1. The number of rotatable bonds is 6. The van der Waals surface area contributed by atoms with Crippen LogP contribution in [0.25, 0.3) is 0 Å². The monoisotopic (exact) mass is 242 g/mol. The van der Waals surface area contributed by atoms with E-state index in [1.54, 1.807) is 0 Å². The van der Waals surface area contributed by atoms with Crippen LogP contribution in [0.5, 0.6) is 0 Å². The van der Waals surface area contributed by atoms with Crippen LogP contribution in [0.4, 0.5) is 17.1 Å². The summed E-state index contributed by atoms with van der Waals surface area (Å²) in [4.78, 5) is 10.1. The molecule has 0 unspecified atom stereocenters. The van der Waals surface area contributed by atoms with Crippen LogP contribution in [-0.4, -0.2) is 34.4 Å². The average Bonchev–Trinajstić information content (AvgIpc) is 2.35. The minimum atomic E-state index is -0.581. The molecule has 0 aliphatic heterocycles. The average molecular weight is 242 g/mol.